The quantitative estimate of drug-likeness (QED) is 0.805. The summed E-state index contributed by atoms with van der Waals surface area (Å²) in [5.41, 5.74) is 0.962. The summed E-state index contributed by atoms with van der Waals surface area (Å²) in [6.07, 6.45) is 0.755. The molecular weight excluding hydrogens is 232 g/mol. The number of hydrogen-bond acceptors (Lipinski definition) is 3. The van der Waals surface area contributed by atoms with Gasteiger partial charge in [0.25, 0.3) is 0 Å². The summed E-state index contributed by atoms with van der Waals surface area (Å²) in [5.74, 6) is 1.61. The molecule has 17 heavy (non-hydrogen) atoms. The second kappa shape index (κ2) is 7.62. The second-order valence-corrected chi connectivity index (χ2v) is 5.54. The van der Waals surface area contributed by atoms with Gasteiger partial charge in [0.1, 0.15) is 5.75 Å². The Morgan fingerprint density at radius 3 is 2.41 bits per heavy atom. The van der Waals surface area contributed by atoms with E-state index in [2.05, 4.69) is 13.8 Å². The van der Waals surface area contributed by atoms with Gasteiger partial charge >= 0.3 is 0 Å². The molecule has 0 aliphatic carbocycles. The number of aliphatic hydroxyl groups excluding tert-OH is 1. The van der Waals surface area contributed by atoms with Gasteiger partial charge in [0.05, 0.1) is 12.7 Å². The number of thioether (sulfide) groups is 1. The van der Waals surface area contributed by atoms with Gasteiger partial charge in [-0.3, -0.25) is 0 Å². The Kier molecular flexibility index (Phi) is 6.45. The van der Waals surface area contributed by atoms with Crippen molar-refractivity contribution >= 4 is 11.8 Å². The summed E-state index contributed by atoms with van der Waals surface area (Å²) in [5, 5.41) is 10.6. The van der Waals surface area contributed by atoms with Crippen molar-refractivity contribution in [2.24, 2.45) is 0 Å². The van der Waals surface area contributed by atoms with Crippen LogP contribution in [0, 0.1) is 0 Å². The summed E-state index contributed by atoms with van der Waals surface area (Å²) in [6, 6.07) is 7.70. The fraction of sp³-hybridized carbons (Fsp3) is 0.571. The Balaban J connectivity index is 2.48. The zero-order valence-corrected chi connectivity index (χ0v) is 11.7. The van der Waals surface area contributed by atoms with Crippen LogP contribution in [0.25, 0.3) is 0 Å². The first kappa shape index (κ1) is 14.4. The van der Waals surface area contributed by atoms with E-state index < -0.39 is 0 Å². The summed E-state index contributed by atoms with van der Waals surface area (Å²) in [7, 11) is 0. The highest BCUT2D eigenvalue weighted by Crippen LogP contribution is 2.24. The van der Waals surface area contributed by atoms with Crippen LogP contribution in [0.15, 0.2) is 24.3 Å². The monoisotopic (exact) mass is 254 g/mol. The second-order valence-electron chi connectivity index (χ2n) is 4.07. The van der Waals surface area contributed by atoms with Crippen molar-refractivity contribution in [3.63, 3.8) is 0 Å². The van der Waals surface area contributed by atoms with Crippen molar-refractivity contribution in [3.05, 3.63) is 29.8 Å². The molecule has 0 heterocycles. The van der Waals surface area contributed by atoms with Crippen molar-refractivity contribution in [1.29, 1.82) is 0 Å². The Bertz CT molecular complexity index is 311. The van der Waals surface area contributed by atoms with Gasteiger partial charge in [-0.2, -0.15) is 11.8 Å². The molecule has 1 N–H and O–H groups in total. The molecule has 0 saturated heterocycles. The SMILES string of the molecule is CCOc1ccc(C(O)CSC(C)CC)cc1. The smallest absolute Gasteiger partial charge is 0.119 e. The van der Waals surface area contributed by atoms with Crippen LogP contribution in [0.1, 0.15) is 38.9 Å². The van der Waals surface area contributed by atoms with Crippen LogP contribution in [-0.4, -0.2) is 22.7 Å². The third kappa shape index (κ3) is 5.00. The van der Waals surface area contributed by atoms with E-state index in [4.69, 9.17) is 4.74 Å². The zero-order valence-electron chi connectivity index (χ0n) is 10.8. The lowest BCUT2D eigenvalue weighted by molar-refractivity contribution is 0.204. The third-order valence-electron chi connectivity index (χ3n) is 2.69. The van der Waals surface area contributed by atoms with Gasteiger partial charge in [-0.25, -0.2) is 0 Å². The largest absolute Gasteiger partial charge is 0.494 e. The van der Waals surface area contributed by atoms with Crippen molar-refractivity contribution in [2.75, 3.05) is 12.4 Å². The van der Waals surface area contributed by atoms with E-state index in [-0.39, 0.29) is 6.10 Å². The number of aliphatic hydroxyl groups is 1. The predicted octanol–water partition coefficient (Wildman–Crippen LogP) is 3.65. The maximum atomic E-state index is 10.0. The Hall–Kier alpha value is -0.670. The van der Waals surface area contributed by atoms with E-state index in [1.807, 2.05) is 43.0 Å². The zero-order chi connectivity index (χ0) is 12.7. The Morgan fingerprint density at radius 2 is 1.88 bits per heavy atom. The minimum absolute atomic E-state index is 0.385. The number of benzene rings is 1. The van der Waals surface area contributed by atoms with Gasteiger partial charge in [0, 0.05) is 11.0 Å². The minimum Gasteiger partial charge on any atom is -0.494 e. The predicted molar refractivity (Wildman–Crippen MR) is 74.8 cm³/mol. The molecular formula is C14H22O2S. The van der Waals surface area contributed by atoms with E-state index in [0.29, 0.717) is 11.9 Å². The van der Waals surface area contributed by atoms with Gasteiger partial charge < -0.3 is 9.84 Å². The standard InChI is InChI=1S/C14H22O2S/c1-4-11(3)17-10-14(15)12-6-8-13(9-7-12)16-5-2/h6-9,11,14-15H,4-5,10H2,1-3H3. The molecule has 1 aromatic carbocycles. The normalized spacial score (nSPS) is 14.4. The van der Waals surface area contributed by atoms with Crippen molar-refractivity contribution in [1.82, 2.24) is 0 Å². The molecule has 1 rings (SSSR count). The topological polar surface area (TPSA) is 29.5 Å². The number of ether oxygens (including phenoxy) is 1. The molecule has 0 aromatic heterocycles. The minimum atomic E-state index is -0.385. The molecule has 96 valence electrons. The van der Waals surface area contributed by atoms with Gasteiger partial charge in [0.2, 0.25) is 0 Å². The fourth-order valence-corrected chi connectivity index (χ4v) is 2.36. The van der Waals surface area contributed by atoms with Gasteiger partial charge in [-0.1, -0.05) is 26.0 Å². The lowest BCUT2D eigenvalue weighted by Gasteiger charge is -2.14. The Morgan fingerprint density at radius 1 is 1.24 bits per heavy atom. The van der Waals surface area contributed by atoms with Crippen LogP contribution >= 0.6 is 11.8 Å². The van der Waals surface area contributed by atoms with Crippen molar-refractivity contribution in [2.45, 2.75) is 38.5 Å². The molecule has 0 radical (unpaired) electrons. The fourth-order valence-electron chi connectivity index (χ4n) is 1.42. The molecule has 2 atom stereocenters. The lowest BCUT2D eigenvalue weighted by Crippen LogP contribution is -2.04. The molecule has 0 aliphatic rings. The van der Waals surface area contributed by atoms with Gasteiger partial charge in [0.15, 0.2) is 0 Å². The van der Waals surface area contributed by atoms with E-state index in [9.17, 15) is 5.11 Å². The highest BCUT2D eigenvalue weighted by atomic mass is 32.2. The van der Waals surface area contributed by atoms with E-state index in [1.54, 1.807) is 0 Å². The molecule has 0 saturated carbocycles. The first-order valence-corrected chi connectivity index (χ1v) is 7.24. The average molecular weight is 254 g/mol. The summed E-state index contributed by atoms with van der Waals surface area (Å²) < 4.78 is 5.37. The lowest BCUT2D eigenvalue weighted by atomic mass is 10.1. The molecule has 0 aliphatic heterocycles. The first-order valence-electron chi connectivity index (χ1n) is 6.19. The summed E-state index contributed by atoms with van der Waals surface area (Å²) in [4.78, 5) is 0. The van der Waals surface area contributed by atoms with Crippen LogP contribution in [-0.2, 0) is 0 Å². The molecule has 2 nitrogen and oxygen atoms in total. The average Bonchev–Trinajstić information content (AvgIpc) is 2.36. The molecule has 1 aromatic rings. The van der Waals surface area contributed by atoms with E-state index in [0.717, 1.165) is 23.5 Å². The van der Waals surface area contributed by atoms with Crippen LogP contribution in [0.5, 0.6) is 5.75 Å². The molecule has 0 spiro atoms. The number of hydrogen-bond donors (Lipinski definition) is 1. The highest BCUT2D eigenvalue weighted by molar-refractivity contribution is 7.99. The van der Waals surface area contributed by atoms with E-state index >= 15 is 0 Å². The molecule has 0 amide bonds. The van der Waals surface area contributed by atoms with Gasteiger partial charge in [-0.05, 0) is 31.0 Å². The van der Waals surface area contributed by atoms with Crippen LogP contribution < -0.4 is 4.74 Å². The maximum absolute atomic E-state index is 10.0. The first-order chi connectivity index (χ1) is 8.17. The van der Waals surface area contributed by atoms with Crippen molar-refractivity contribution in [3.8, 4) is 5.75 Å². The molecule has 0 fully saturated rings. The van der Waals surface area contributed by atoms with E-state index in [1.165, 1.54) is 0 Å². The maximum Gasteiger partial charge on any atom is 0.119 e. The molecule has 3 heteroatoms. The summed E-state index contributed by atoms with van der Waals surface area (Å²) in [6.45, 7) is 6.99. The van der Waals surface area contributed by atoms with Gasteiger partial charge in [-0.15, -0.1) is 0 Å². The van der Waals surface area contributed by atoms with Crippen LogP contribution in [0.3, 0.4) is 0 Å². The van der Waals surface area contributed by atoms with Crippen LogP contribution in [0.2, 0.25) is 0 Å². The van der Waals surface area contributed by atoms with Crippen molar-refractivity contribution < 1.29 is 9.84 Å². The third-order valence-corrected chi connectivity index (χ3v) is 4.10. The molecule has 0 bridgehead atoms. The molecule has 2 unspecified atom stereocenters. The highest BCUT2D eigenvalue weighted by Gasteiger charge is 2.09. The Labute approximate surface area is 108 Å². The number of rotatable bonds is 7. The van der Waals surface area contributed by atoms with Crippen LogP contribution in [0.4, 0.5) is 0 Å². The summed E-state index contributed by atoms with van der Waals surface area (Å²) >= 11 is 1.81.